The van der Waals surface area contributed by atoms with E-state index in [0.717, 1.165) is 11.1 Å². The number of nitrogens with one attached hydrogen (secondary N) is 1. The normalized spacial score (nSPS) is 14.4. The molecule has 0 bridgehead atoms. The van der Waals surface area contributed by atoms with Gasteiger partial charge in [-0.25, -0.2) is 14.3 Å². The van der Waals surface area contributed by atoms with Gasteiger partial charge in [0, 0.05) is 0 Å². The number of nitrogens with zero attached hydrogens (tertiary/aromatic N) is 3. The maximum atomic E-state index is 12.2. The Morgan fingerprint density at radius 2 is 1.67 bits per heavy atom. The van der Waals surface area contributed by atoms with Crippen LogP contribution in [-0.4, -0.2) is 80.5 Å². The molecule has 33 heavy (non-hydrogen) atoms. The summed E-state index contributed by atoms with van der Waals surface area (Å²) in [7, 11) is -4.89. The summed E-state index contributed by atoms with van der Waals surface area (Å²) in [6.45, 7) is 2.29. The Balaban J connectivity index is 0.00000272. The highest BCUT2D eigenvalue weighted by atomic mass is 31.2. The fraction of sp³-hybridized carbons (Fsp3) is 0.412. The molecule has 0 saturated carbocycles. The average molecular weight is 492 g/mol. The maximum Gasteiger partial charge on any atom is 0.469 e. The number of hydrogen-bond acceptors (Lipinski definition) is 9. The van der Waals surface area contributed by atoms with Crippen LogP contribution in [0.5, 0.6) is 0 Å². The summed E-state index contributed by atoms with van der Waals surface area (Å²) in [5.41, 5.74) is 0.618. The van der Waals surface area contributed by atoms with E-state index in [2.05, 4.69) is 14.5 Å². The van der Waals surface area contributed by atoms with E-state index in [4.69, 9.17) is 9.79 Å². The average Bonchev–Trinajstić information content (AvgIpc) is 2.67. The summed E-state index contributed by atoms with van der Waals surface area (Å²) in [4.78, 5) is 51.5. The van der Waals surface area contributed by atoms with Gasteiger partial charge in [0.25, 0.3) is 5.56 Å². The second-order valence-corrected chi connectivity index (χ2v) is 8.34. The van der Waals surface area contributed by atoms with E-state index in [1.54, 1.807) is 12.1 Å². The van der Waals surface area contributed by atoms with Crippen LogP contribution in [0.4, 0.5) is 0 Å². The molecule has 15 nitrogen and oxygen atoms in total. The number of aromatic nitrogens is 4. The zero-order valence-electron chi connectivity index (χ0n) is 17.5. The summed E-state index contributed by atoms with van der Waals surface area (Å²) in [6, 6.07) is 3.41. The van der Waals surface area contributed by atoms with Gasteiger partial charge in [-0.2, -0.15) is 4.98 Å². The van der Waals surface area contributed by atoms with Crippen LogP contribution >= 0.6 is 7.82 Å². The lowest BCUT2D eigenvalue weighted by Gasteiger charge is -2.25. The monoisotopic (exact) mass is 492 g/mol. The van der Waals surface area contributed by atoms with Crippen LogP contribution in [0.2, 0.25) is 0 Å². The molecule has 2 aliphatic rings. The molecule has 3 rings (SSSR count). The van der Waals surface area contributed by atoms with Gasteiger partial charge in [-0.3, -0.25) is 14.3 Å². The van der Waals surface area contributed by atoms with Gasteiger partial charge < -0.3 is 40.6 Å². The number of rotatable bonds is 7. The van der Waals surface area contributed by atoms with Crippen LogP contribution < -0.4 is 11.2 Å². The van der Waals surface area contributed by atoms with Crippen molar-refractivity contribution in [2.45, 2.75) is 38.7 Å². The summed E-state index contributed by atoms with van der Waals surface area (Å²) < 4.78 is 16.2. The highest BCUT2D eigenvalue weighted by Crippen LogP contribution is 2.36. The Kier molecular flexibility index (Phi) is 9.10. The molecule has 2 heterocycles. The zero-order valence-corrected chi connectivity index (χ0v) is 18.4. The second kappa shape index (κ2) is 10.6. The molecular weight excluding hydrogens is 467 g/mol. The number of aliphatic hydroxyl groups excluding tert-OH is 3. The molecule has 0 aliphatic carbocycles. The number of phosphoric acid groups is 1. The molecule has 10 N–H and O–H groups in total. The smallest absolute Gasteiger partial charge is 0.412 e. The second-order valence-electron chi connectivity index (χ2n) is 7.10. The van der Waals surface area contributed by atoms with Gasteiger partial charge in [0.1, 0.15) is 18.3 Å². The molecule has 0 saturated heterocycles. The predicted octanol–water partition coefficient (Wildman–Crippen LogP) is -3.26. The summed E-state index contributed by atoms with van der Waals surface area (Å²) in [6.07, 6.45) is -5.40. The summed E-state index contributed by atoms with van der Waals surface area (Å²) >= 11 is 0. The first kappa shape index (κ1) is 28.4. The Bertz CT molecular complexity index is 1250. The molecule has 0 spiro atoms. The topological polar surface area (TPSA) is 271 Å². The highest BCUT2D eigenvalue weighted by Gasteiger charge is 2.29. The molecule has 2 aliphatic heterocycles. The summed E-state index contributed by atoms with van der Waals surface area (Å²) in [5, 5.41) is 30.5. The van der Waals surface area contributed by atoms with Gasteiger partial charge in [0.2, 0.25) is 0 Å². The third kappa shape index (κ3) is 6.26. The van der Waals surface area contributed by atoms with E-state index in [0.29, 0.717) is 11.0 Å². The minimum atomic E-state index is -4.89. The SMILES string of the molecule is Cc1cc2nc3c(=O)[nH]c(=O)nc-3n(C[C@H](O)[C@H](O)[C@H](O)COP(=O)(O)O)c2cc1C.O.O. The number of phosphoric ester groups is 1. The number of fused-ring (bicyclic) bond motifs is 2. The number of hydrogen-bond donors (Lipinski definition) is 6. The Hall–Kier alpha value is -2.59. The molecule has 16 heteroatoms. The quantitative estimate of drug-likeness (QED) is 0.141. The molecule has 0 fully saturated rings. The van der Waals surface area contributed by atoms with Gasteiger partial charge in [0.15, 0.2) is 11.5 Å². The fourth-order valence-electron chi connectivity index (χ4n) is 3.06. The minimum absolute atomic E-state index is 0. The number of benzene rings is 1. The lowest BCUT2D eigenvalue weighted by atomic mass is 10.1. The van der Waals surface area contributed by atoms with Crippen LogP contribution in [0.25, 0.3) is 22.6 Å². The first-order chi connectivity index (χ1) is 14.4. The molecular formula is C17H25N4O11P. The number of H-pyrrole nitrogens is 1. The third-order valence-electron chi connectivity index (χ3n) is 4.80. The highest BCUT2D eigenvalue weighted by molar-refractivity contribution is 7.46. The Labute approximate surface area is 185 Å². The van der Waals surface area contributed by atoms with Crippen molar-refractivity contribution in [1.82, 2.24) is 19.5 Å². The molecule has 3 atom stereocenters. The number of aromatic amines is 1. The predicted molar refractivity (Wildman–Crippen MR) is 114 cm³/mol. The van der Waals surface area contributed by atoms with Crippen LogP contribution in [0.15, 0.2) is 21.7 Å². The van der Waals surface area contributed by atoms with E-state index in [1.807, 2.05) is 18.8 Å². The molecule has 184 valence electrons. The van der Waals surface area contributed by atoms with E-state index in [9.17, 15) is 29.5 Å². The first-order valence-electron chi connectivity index (χ1n) is 9.03. The van der Waals surface area contributed by atoms with E-state index in [1.165, 1.54) is 4.57 Å². The minimum Gasteiger partial charge on any atom is -0.412 e. The standard InChI is InChI=1S/C17H21N4O9P.2H2O/c1-7-3-9-10(4-8(7)2)21(15-13(18-9)16(25)20-17(26)19-15)5-11(22)14(24)12(23)6-30-31(27,28)29;;/h3-4,11-12,14,22-24H,5-6H2,1-2H3,(H,20,25,26)(H2,27,28,29);2*1H2/t11-,12+,14-;;/m0../s1. The molecule has 0 unspecified atom stereocenters. The zero-order chi connectivity index (χ0) is 23.1. The van der Waals surface area contributed by atoms with Crippen LogP contribution in [0.3, 0.4) is 0 Å². The van der Waals surface area contributed by atoms with E-state index in [-0.39, 0.29) is 22.5 Å². The Morgan fingerprint density at radius 3 is 2.27 bits per heavy atom. The fourth-order valence-corrected chi connectivity index (χ4v) is 3.41. The number of aliphatic hydroxyl groups is 3. The van der Waals surface area contributed by atoms with Crippen molar-refractivity contribution >= 4 is 18.9 Å². The summed E-state index contributed by atoms with van der Waals surface area (Å²) in [5.74, 6) is -0.142. The van der Waals surface area contributed by atoms with E-state index < -0.39 is 50.5 Å². The molecule has 1 aromatic carbocycles. The van der Waals surface area contributed by atoms with Crippen molar-refractivity contribution in [1.29, 1.82) is 0 Å². The molecule has 0 radical (unpaired) electrons. The van der Waals surface area contributed by atoms with Gasteiger partial charge in [0.05, 0.1) is 24.2 Å². The lowest BCUT2D eigenvalue weighted by Crippen LogP contribution is -2.42. The van der Waals surface area contributed by atoms with Gasteiger partial charge >= 0.3 is 13.5 Å². The molecule has 1 aromatic rings. The van der Waals surface area contributed by atoms with Crippen molar-refractivity contribution in [3.63, 3.8) is 0 Å². The third-order valence-corrected chi connectivity index (χ3v) is 5.28. The van der Waals surface area contributed by atoms with Crippen molar-refractivity contribution in [3.05, 3.63) is 44.1 Å². The lowest BCUT2D eigenvalue weighted by molar-refractivity contribution is -0.0793. The Morgan fingerprint density at radius 1 is 1.06 bits per heavy atom. The van der Waals surface area contributed by atoms with Gasteiger partial charge in [-0.1, -0.05) is 0 Å². The van der Waals surface area contributed by atoms with Crippen molar-refractivity contribution in [3.8, 4) is 11.5 Å². The first-order valence-corrected chi connectivity index (χ1v) is 10.6. The van der Waals surface area contributed by atoms with Crippen molar-refractivity contribution in [2.24, 2.45) is 0 Å². The van der Waals surface area contributed by atoms with Gasteiger partial charge in [-0.05, 0) is 37.1 Å². The van der Waals surface area contributed by atoms with Gasteiger partial charge in [-0.15, -0.1) is 0 Å². The van der Waals surface area contributed by atoms with Crippen LogP contribution in [-0.2, 0) is 15.6 Å². The van der Waals surface area contributed by atoms with Crippen LogP contribution in [0, 0.1) is 13.8 Å². The van der Waals surface area contributed by atoms with Crippen molar-refractivity contribution < 1.29 is 45.1 Å². The molecule has 0 aromatic heterocycles. The van der Waals surface area contributed by atoms with E-state index >= 15 is 0 Å². The largest absolute Gasteiger partial charge is 0.469 e. The number of aryl methyl sites for hydroxylation is 2. The molecule has 0 amide bonds. The van der Waals surface area contributed by atoms with Crippen LogP contribution in [0.1, 0.15) is 11.1 Å². The maximum absolute atomic E-state index is 12.2. The van der Waals surface area contributed by atoms with Crippen molar-refractivity contribution in [2.75, 3.05) is 6.61 Å².